The minimum absolute atomic E-state index is 0.0198. The molecule has 2 aliphatic rings. The van der Waals surface area contributed by atoms with Crippen LogP contribution in [0.25, 0.3) is 0 Å². The number of halogens is 3. The van der Waals surface area contributed by atoms with E-state index in [4.69, 9.17) is 9.47 Å². The first-order valence-electron chi connectivity index (χ1n) is 8.17. The van der Waals surface area contributed by atoms with Gasteiger partial charge in [0.05, 0.1) is 31.8 Å². The smallest absolute Gasteiger partial charge is 0.398 e. The number of rotatable bonds is 4. The van der Waals surface area contributed by atoms with E-state index < -0.39 is 23.5 Å². The molecule has 9 heteroatoms. The fourth-order valence-corrected chi connectivity index (χ4v) is 3.17. The van der Waals surface area contributed by atoms with E-state index in [1.165, 1.54) is 43.4 Å². The van der Waals surface area contributed by atoms with E-state index >= 15 is 0 Å². The molecule has 0 atom stereocenters. The summed E-state index contributed by atoms with van der Waals surface area (Å²) in [5.41, 5.74) is -1.29. The van der Waals surface area contributed by atoms with Gasteiger partial charge >= 0.3 is 18.1 Å². The molecule has 6 nitrogen and oxygen atoms in total. The van der Waals surface area contributed by atoms with E-state index in [-0.39, 0.29) is 43.0 Å². The zero-order chi connectivity index (χ0) is 19.8. The molecule has 1 aliphatic heterocycles. The van der Waals surface area contributed by atoms with Crippen molar-refractivity contribution >= 4 is 17.6 Å². The monoisotopic (exact) mass is 385 g/mol. The van der Waals surface area contributed by atoms with Crippen molar-refractivity contribution in [3.05, 3.63) is 41.1 Å². The Balaban J connectivity index is 1.97. The molecular weight excluding hydrogens is 367 g/mol. The maximum atomic E-state index is 13.3. The van der Waals surface area contributed by atoms with Gasteiger partial charge in [-0.2, -0.15) is 13.2 Å². The molecule has 1 aliphatic carbocycles. The van der Waals surface area contributed by atoms with Crippen LogP contribution in [0, 0.1) is 0 Å². The van der Waals surface area contributed by atoms with Crippen LogP contribution in [0.4, 0.5) is 18.9 Å². The van der Waals surface area contributed by atoms with Crippen molar-refractivity contribution in [2.45, 2.75) is 24.4 Å². The summed E-state index contributed by atoms with van der Waals surface area (Å²) in [7, 11) is 2.34. The first-order valence-corrected chi connectivity index (χ1v) is 8.17. The molecule has 1 saturated carbocycles. The molecule has 0 saturated heterocycles. The van der Waals surface area contributed by atoms with Gasteiger partial charge in [-0.1, -0.05) is 12.1 Å². The Morgan fingerprint density at radius 3 is 2.15 bits per heavy atom. The molecule has 0 unspecified atom stereocenters. The summed E-state index contributed by atoms with van der Waals surface area (Å²) in [6, 6.07) is 5.70. The summed E-state index contributed by atoms with van der Waals surface area (Å²) in [5, 5.41) is 0. The fraction of sp³-hybridized carbons (Fsp3) is 0.444. The van der Waals surface area contributed by atoms with E-state index in [1.54, 1.807) is 0 Å². The normalized spacial score (nSPS) is 18.9. The molecule has 1 heterocycles. The molecule has 0 aromatic heterocycles. The summed E-state index contributed by atoms with van der Waals surface area (Å²) in [4.78, 5) is 25.5. The highest BCUT2D eigenvalue weighted by atomic mass is 19.4. The standard InChI is InChI=1S/C18H18F3NO5/c1-25-15(23)13-9-27-10-22(14(13)16(24)26-2)12-5-3-11(4-6-12)17(7-8-17)18(19,20)21/h3-6H,7-10H2,1-2H3. The van der Waals surface area contributed by atoms with Crippen molar-refractivity contribution in [3.63, 3.8) is 0 Å². The van der Waals surface area contributed by atoms with Crippen LogP contribution in [0.15, 0.2) is 35.5 Å². The number of hydrogen-bond acceptors (Lipinski definition) is 6. The number of hydrogen-bond donors (Lipinski definition) is 0. The summed E-state index contributed by atoms with van der Waals surface area (Å²) < 4.78 is 54.6. The molecule has 0 radical (unpaired) electrons. The van der Waals surface area contributed by atoms with Gasteiger partial charge in [0.2, 0.25) is 0 Å². The van der Waals surface area contributed by atoms with E-state index in [2.05, 4.69) is 4.74 Å². The van der Waals surface area contributed by atoms with Gasteiger partial charge in [0, 0.05) is 5.69 Å². The average molecular weight is 385 g/mol. The highest BCUT2D eigenvalue weighted by molar-refractivity contribution is 6.03. The lowest BCUT2D eigenvalue weighted by Gasteiger charge is -2.31. The predicted octanol–water partition coefficient (Wildman–Crippen LogP) is 2.67. The molecular formula is C18H18F3NO5. The first kappa shape index (κ1) is 19.2. The lowest BCUT2D eigenvalue weighted by atomic mass is 9.95. The summed E-state index contributed by atoms with van der Waals surface area (Å²) in [6.07, 6.45) is -4.19. The van der Waals surface area contributed by atoms with E-state index in [0.29, 0.717) is 5.69 Å². The number of methoxy groups -OCH3 is 2. The molecule has 1 aromatic carbocycles. The number of nitrogens with zero attached hydrogens (tertiary/aromatic N) is 1. The van der Waals surface area contributed by atoms with E-state index in [9.17, 15) is 22.8 Å². The molecule has 1 fully saturated rings. The largest absolute Gasteiger partial charge is 0.466 e. The van der Waals surface area contributed by atoms with Crippen LogP contribution in [-0.2, 0) is 29.2 Å². The van der Waals surface area contributed by atoms with Gasteiger partial charge in [-0.05, 0) is 30.5 Å². The van der Waals surface area contributed by atoms with Crippen LogP contribution in [-0.4, -0.2) is 45.7 Å². The van der Waals surface area contributed by atoms with Crippen molar-refractivity contribution in [3.8, 4) is 0 Å². The van der Waals surface area contributed by atoms with Crippen LogP contribution in [0.1, 0.15) is 18.4 Å². The second-order valence-corrected chi connectivity index (χ2v) is 6.34. The van der Waals surface area contributed by atoms with Gasteiger partial charge in [0.25, 0.3) is 0 Å². The van der Waals surface area contributed by atoms with Gasteiger partial charge in [0.15, 0.2) is 0 Å². The van der Waals surface area contributed by atoms with Gasteiger partial charge in [-0.15, -0.1) is 0 Å². The summed E-state index contributed by atoms with van der Waals surface area (Å²) >= 11 is 0. The molecule has 0 N–H and O–H groups in total. The second-order valence-electron chi connectivity index (χ2n) is 6.34. The number of ether oxygens (including phenoxy) is 3. The molecule has 0 amide bonds. The van der Waals surface area contributed by atoms with Crippen LogP contribution in [0.5, 0.6) is 0 Å². The molecule has 0 spiro atoms. The van der Waals surface area contributed by atoms with Gasteiger partial charge in [-0.25, -0.2) is 9.59 Å². The van der Waals surface area contributed by atoms with Gasteiger partial charge in [0.1, 0.15) is 12.4 Å². The average Bonchev–Trinajstić information content (AvgIpc) is 3.48. The lowest BCUT2D eigenvalue weighted by Crippen LogP contribution is -2.38. The molecule has 27 heavy (non-hydrogen) atoms. The number of carbonyl (C=O) groups excluding carboxylic acids is 2. The third kappa shape index (κ3) is 3.27. The van der Waals surface area contributed by atoms with Crippen LogP contribution < -0.4 is 4.90 Å². The topological polar surface area (TPSA) is 65.1 Å². The number of benzene rings is 1. The molecule has 1 aromatic rings. The zero-order valence-electron chi connectivity index (χ0n) is 14.8. The van der Waals surface area contributed by atoms with Crippen molar-refractivity contribution in [1.82, 2.24) is 0 Å². The van der Waals surface area contributed by atoms with E-state index in [1.807, 2.05) is 0 Å². The number of anilines is 1. The van der Waals surface area contributed by atoms with Crippen molar-refractivity contribution in [1.29, 1.82) is 0 Å². The maximum Gasteiger partial charge on any atom is 0.398 e. The summed E-state index contributed by atoms with van der Waals surface area (Å²) in [5.74, 6) is -1.51. The van der Waals surface area contributed by atoms with Crippen LogP contribution in [0.2, 0.25) is 0 Å². The van der Waals surface area contributed by atoms with Crippen LogP contribution >= 0.6 is 0 Å². The van der Waals surface area contributed by atoms with Gasteiger partial charge < -0.3 is 19.1 Å². The Hall–Kier alpha value is -2.55. The Bertz CT molecular complexity index is 781. The number of alkyl halides is 3. The first-order chi connectivity index (χ1) is 12.7. The third-order valence-electron chi connectivity index (χ3n) is 4.86. The number of carbonyl (C=O) groups is 2. The zero-order valence-corrected chi connectivity index (χ0v) is 14.8. The third-order valence-corrected chi connectivity index (χ3v) is 4.86. The molecule has 3 rings (SSSR count). The van der Waals surface area contributed by atoms with Gasteiger partial charge in [-0.3, -0.25) is 0 Å². The quantitative estimate of drug-likeness (QED) is 0.743. The molecule has 0 bridgehead atoms. The molecule has 146 valence electrons. The maximum absolute atomic E-state index is 13.3. The predicted molar refractivity (Wildman–Crippen MR) is 87.8 cm³/mol. The second kappa shape index (κ2) is 6.88. The summed E-state index contributed by atoms with van der Waals surface area (Å²) in [6.45, 7) is -0.197. The highest BCUT2D eigenvalue weighted by Gasteiger charge is 2.64. The Morgan fingerprint density at radius 1 is 1.07 bits per heavy atom. The lowest BCUT2D eigenvalue weighted by molar-refractivity contribution is -0.160. The minimum Gasteiger partial charge on any atom is -0.466 e. The Kier molecular flexibility index (Phi) is 4.90. The highest BCUT2D eigenvalue weighted by Crippen LogP contribution is 2.59. The van der Waals surface area contributed by atoms with Crippen molar-refractivity contribution < 1.29 is 37.0 Å². The van der Waals surface area contributed by atoms with Crippen molar-refractivity contribution in [2.75, 3.05) is 32.5 Å². The van der Waals surface area contributed by atoms with E-state index in [0.717, 1.165) is 0 Å². The Morgan fingerprint density at radius 2 is 1.67 bits per heavy atom. The number of esters is 2. The van der Waals surface area contributed by atoms with Crippen molar-refractivity contribution in [2.24, 2.45) is 0 Å². The fourth-order valence-electron chi connectivity index (χ4n) is 3.17. The Labute approximate surface area is 153 Å². The SMILES string of the molecule is COC(=O)C1=C(C(=O)OC)N(c2ccc(C3(C(F)(F)F)CC3)cc2)COC1. The minimum atomic E-state index is -4.31. The van der Waals surface area contributed by atoms with Crippen LogP contribution in [0.3, 0.4) is 0 Å².